The summed E-state index contributed by atoms with van der Waals surface area (Å²) >= 11 is 0. The topological polar surface area (TPSA) is 64.3 Å². The number of methoxy groups -OCH3 is 1. The number of hydrogen-bond donors (Lipinski definition) is 2. The van der Waals surface area contributed by atoms with Gasteiger partial charge >= 0.3 is 0 Å². The first-order valence-electron chi connectivity index (χ1n) is 6.64. The monoisotopic (exact) mass is 264 g/mol. The molecule has 1 amide bonds. The molecule has 4 nitrogen and oxygen atoms in total. The summed E-state index contributed by atoms with van der Waals surface area (Å²) in [6.45, 7) is 5.94. The van der Waals surface area contributed by atoms with Crippen LogP contribution in [0.15, 0.2) is 24.3 Å². The summed E-state index contributed by atoms with van der Waals surface area (Å²) in [6.07, 6.45) is 0.846. The zero-order valence-corrected chi connectivity index (χ0v) is 12.1. The van der Waals surface area contributed by atoms with Crippen molar-refractivity contribution < 1.29 is 9.53 Å². The number of carbonyl (C=O) groups excluding carboxylic acids is 1. The van der Waals surface area contributed by atoms with Crippen LogP contribution in [-0.2, 0) is 4.79 Å². The maximum atomic E-state index is 11.8. The van der Waals surface area contributed by atoms with E-state index in [2.05, 4.69) is 19.2 Å². The second-order valence-corrected chi connectivity index (χ2v) is 5.22. The number of rotatable bonds is 6. The molecule has 0 saturated carbocycles. The lowest BCUT2D eigenvalue weighted by Gasteiger charge is -2.23. The fraction of sp³-hybridized carbons (Fsp3) is 0.533. The Morgan fingerprint density at radius 3 is 2.47 bits per heavy atom. The van der Waals surface area contributed by atoms with E-state index in [0.717, 1.165) is 17.7 Å². The SMILES string of the molecule is COc1ccccc1C(CC(C)C)NC(=O)[C@H](C)N. The fourth-order valence-corrected chi connectivity index (χ4v) is 1.99. The van der Waals surface area contributed by atoms with Crippen LogP contribution in [0.25, 0.3) is 0 Å². The first-order chi connectivity index (χ1) is 8.95. The molecule has 0 aliphatic carbocycles. The maximum Gasteiger partial charge on any atom is 0.237 e. The van der Waals surface area contributed by atoms with E-state index in [9.17, 15) is 4.79 Å². The van der Waals surface area contributed by atoms with Crippen LogP contribution in [0.2, 0.25) is 0 Å². The fourth-order valence-electron chi connectivity index (χ4n) is 1.99. The van der Waals surface area contributed by atoms with Gasteiger partial charge in [-0.1, -0.05) is 32.0 Å². The highest BCUT2D eigenvalue weighted by molar-refractivity contribution is 5.81. The highest BCUT2D eigenvalue weighted by Gasteiger charge is 2.20. The second-order valence-electron chi connectivity index (χ2n) is 5.22. The summed E-state index contributed by atoms with van der Waals surface area (Å²) in [5.74, 6) is 1.11. The molecular formula is C15H24N2O2. The molecule has 0 radical (unpaired) electrons. The molecule has 0 spiro atoms. The molecule has 0 aliphatic rings. The molecule has 4 heteroatoms. The van der Waals surface area contributed by atoms with Crippen molar-refractivity contribution in [2.75, 3.05) is 7.11 Å². The lowest BCUT2D eigenvalue weighted by Crippen LogP contribution is -2.40. The van der Waals surface area contributed by atoms with Crippen LogP contribution in [0.4, 0.5) is 0 Å². The van der Waals surface area contributed by atoms with Crippen molar-refractivity contribution in [1.82, 2.24) is 5.32 Å². The molecule has 19 heavy (non-hydrogen) atoms. The number of para-hydroxylation sites is 1. The van der Waals surface area contributed by atoms with Crippen molar-refractivity contribution >= 4 is 5.91 Å². The van der Waals surface area contributed by atoms with E-state index < -0.39 is 6.04 Å². The van der Waals surface area contributed by atoms with Crippen molar-refractivity contribution in [3.05, 3.63) is 29.8 Å². The highest BCUT2D eigenvalue weighted by atomic mass is 16.5. The minimum atomic E-state index is -0.510. The van der Waals surface area contributed by atoms with E-state index in [0.29, 0.717) is 5.92 Å². The minimum Gasteiger partial charge on any atom is -0.496 e. The van der Waals surface area contributed by atoms with Crippen LogP contribution in [0.5, 0.6) is 5.75 Å². The average molecular weight is 264 g/mol. The lowest BCUT2D eigenvalue weighted by atomic mass is 9.96. The van der Waals surface area contributed by atoms with Gasteiger partial charge in [0.25, 0.3) is 0 Å². The summed E-state index contributed by atoms with van der Waals surface area (Å²) in [5.41, 5.74) is 6.61. The third kappa shape index (κ3) is 4.56. The normalized spacial score (nSPS) is 14.0. The number of carbonyl (C=O) groups is 1. The highest BCUT2D eigenvalue weighted by Crippen LogP contribution is 2.29. The Morgan fingerprint density at radius 1 is 1.32 bits per heavy atom. The predicted octanol–water partition coefficient (Wildman–Crippen LogP) is 2.25. The first-order valence-corrected chi connectivity index (χ1v) is 6.64. The van der Waals surface area contributed by atoms with Crippen molar-refractivity contribution in [2.45, 2.75) is 39.3 Å². The third-order valence-electron chi connectivity index (χ3n) is 2.95. The van der Waals surface area contributed by atoms with Crippen molar-refractivity contribution in [2.24, 2.45) is 11.7 Å². The van der Waals surface area contributed by atoms with Gasteiger partial charge in [0.1, 0.15) is 5.75 Å². The van der Waals surface area contributed by atoms with E-state index in [-0.39, 0.29) is 11.9 Å². The number of amides is 1. The number of ether oxygens (including phenoxy) is 1. The number of nitrogens with one attached hydrogen (secondary N) is 1. The number of benzene rings is 1. The largest absolute Gasteiger partial charge is 0.496 e. The summed E-state index contributed by atoms with van der Waals surface area (Å²) in [6, 6.07) is 7.17. The van der Waals surface area contributed by atoms with Crippen LogP contribution in [0.1, 0.15) is 38.8 Å². The average Bonchev–Trinajstić information content (AvgIpc) is 2.37. The van der Waals surface area contributed by atoms with Gasteiger partial charge in [-0.15, -0.1) is 0 Å². The molecule has 0 aliphatic heterocycles. The predicted molar refractivity (Wildman–Crippen MR) is 77.0 cm³/mol. The molecule has 1 unspecified atom stereocenters. The van der Waals surface area contributed by atoms with Crippen molar-refractivity contribution in [3.63, 3.8) is 0 Å². The van der Waals surface area contributed by atoms with Gasteiger partial charge in [-0.05, 0) is 25.3 Å². The van der Waals surface area contributed by atoms with Crippen LogP contribution in [-0.4, -0.2) is 19.1 Å². The van der Waals surface area contributed by atoms with Crippen LogP contribution >= 0.6 is 0 Å². The van der Waals surface area contributed by atoms with E-state index >= 15 is 0 Å². The molecule has 0 heterocycles. The Bertz CT molecular complexity index is 416. The molecular weight excluding hydrogens is 240 g/mol. The molecule has 1 aromatic rings. The van der Waals surface area contributed by atoms with Gasteiger partial charge in [-0.2, -0.15) is 0 Å². The Labute approximate surface area is 115 Å². The molecule has 1 rings (SSSR count). The summed E-state index contributed by atoms with van der Waals surface area (Å²) in [7, 11) is 1.64. The van der Waals surface area contributed by atoms with Gasteiger partial charge in [0.2, 0.25) is 5.91 Å². The van der Waals surface area contributed by atoms with Gasteiger partial charge < -0.3 is 15.8 Å². The molecule has 106 valence electrons. The van der Waals surface area contributed by atoms with Gasteiger partial charge in [0.05, 0.1) is 19.2 Å². The van der Waals surface area contributed by atoms with E-state index in [4.69, 9.17) is 10.5 Å². The lowest BCUT2D eigenvalue weighted by molar-refractivity contribution is -0.122. The standard InChI is InChI=1S/C15H24N2O2/c1-10(2)9-13(17-15(18)11(3)16)12-7-5-6-8-14(12)19-4/h5-8,10-11,13H,9,16H2,1-4H3,(H,17,18)/t11-,13?/m0/s1. The van der Waals surface area contributed by atoms with Crippen molar-refractivity contribution in [3.8, 4) is 5.75 Å². The summed E-state index contributed by atoms with van der Waals surface area (Å²) in [5, 5.41) is 2.99. The quantitative estimate of drug-likeness (QED) is 0.828. The van der Waals surface area contributed by atoms with Gasteiger partial charge in [0.15, 0.2) is 0 Å². The van der Waals surface area contributed by atoms with Gasteiger partial charge in [-0.25, -0.2) is 0 Å². The van der Waals surface area contributed by atoms with E-state index in [1.54, 1.807) is 14.0 Å². The number of hydrogen-bond acceptors (Lipinski definition) is 3. The van der Waals surface area contributed by atoms with Crippen LogP contribution in [0.3, 0.4) is 0 Å². The zero-order chi connectivity index (χ0) is 14.4. The molecule has 0 aromatic heterocycles. The molecule has 3 N–H and O–H groups in total. The second kappa shape index (κ2) is 7.14. The smallest absolute Gasteiger partial charge is 0.237 e. The molecule has 0 saturated heterocycles. The van der Waals surface area contributed by atoms with Crippen LogP contribution in [0, 0.1) is 5.92 Å². The molecule has 0 bridgehead atoms. The van der Waals surface area contributed by atoms with Crippen LogP contribution < -0.4 is 15.8 Å². The van der Waals surface area contributed by atoms with Gasteiger partial charge in [0, 0.05) is 5.56 Å². The van der Waals surface area contributed by atoms with Gasteiger partial charge in [-0.3, -0.25) is 4.79 Å². The zero-order valence-electron chi connectivity index (χ0n) is 12.1. The van der Waals surface area contributed by atoms with E-state index in [1.165, 1.54) is 0 Å². The summed E-state index contributed by atoms with van der Waals surface area (Å²) < 4.78 is 5.37. The molecule has 0 fully saturated rings. The summed E-state index contributed by atoms with van der Waals surface area (Å²) in [4.78, 5) is 11.8. The van der Waals surface area contributed by atoms with E-state index in [1.807, 2.05) is 24.3 Å². The molecule has 2 atom stereocenters. The Kier molecular flexibility index (Phi) is 5.83. The van der Waals surface area contributed by atoms with Crippen molar-refractivity contribution in [1.29, 1.82) is 0 Å². The maximum absolute atomic E-state index is 11.8. The third-order valence-corrected chi connectivity index (χ3v) is 2.95. The Balaban J connectivity index is 2.98. The Morgan fingerprint density at radius 2 is 1.95 bits per heavy atom. The minimum absolute atomic E-state index is 0.0744. The Hall–Kier alpha value is -1.55. The number of nitrogens with two attached hydrogens (primary N) is 1. The molecule has 1 aromatic carbocycles. The first kappa shape index (κ1) is 15.5.